The van der Waals surface area contributed by atoms with Crippen LogP contribution in [0.25, 0.3) is 0 Å². The molecule has 0 aromatic heterocycles. The van der Waals surface area contributed by atoms with E-state index in [0.29, 0.717) is 6.54 Å². The molecule has 4 heteroatoms. The van der Waals surface area contributed by atoms with Crippen molar-refractivity contribution in [2.45, 2.75) is 25.8 Å². The number of anilines is 1. The highest BCUT2D eigenvalue weighted by Gasteiger charge is 2.14. The fraction of sp³-hybridized carbons (Fsp3) is 0.538. The molecule has 0 radical (unpaired) electrons. The molecule has 1 N–H and O–H groups in total. The minimum atomic E-state index is -0.137. The van der Waals surface area contributed by atoms with Crippen LogP contribution in [0.3, 0.4) is 0 Å². The SMILES string of the molecule is CONCc1ccc(N2CCCCC2)c(F)c1. The molecule has 17 heavy (non-hydrogen) atoms. The molecule has 0 aliphatic carbocycles. The Labute approximate surface area is 102 Å². The lowest BCUT2D eigenvalue weighted by atomic mass is 10.1. The van der Waals surface area contributed by atoms with E-state index < -0.39 is 0 Å². The molecule has 94 valence electrons. The summed E-state index contributed by atoms with van der Waals surface area (Å²) < 4.78 is 14.0. The van der Waals surface area contributed by atoms with Crippen molar-refractivity contribution < 1.29 is 9.23 Å². The Morgan fingerprint density at radius 3 is 2.71 bits per heavy atom. The first kappa shape index (κ1) is 12.3. The van der Waals surface area contributed by atoms with E-state index in [1.54, 1.807) is 13.2 Å². The van der Waals surface area contributed by atoms with Gasteiger partial charge in [-0.05, 0) is 37.0 Å². The Morgan fingerprint density at radius 1 is 1.29 bits per heavy atom. The van der Waals surface area contributed by atoms with Crippen molar-refractivity contribution in [1.29, 1.82) is 0 Å². The van der Waals surface area contributed by atoms with Crippen molar-refractivity contribution in [3.8, 4) is 0 Å². The van der Waals surface area contributed by atoms with Crippen LogP contribution in [0.4, 0.5) is 10.1 Å². The maximum absolute atomic E-state index is 14.0. The lowest BCUT2D eigenvalue weighted by Crippen LogP contribution is -2.30. The first-order chi connectivity index (χ1) is 8.31. The Balaban J connectivity index is 2.07. The average Bonchev–Trinajstić information content (AvgIpc) is 2.37. The van der Waals surface area contributed by atoms with Crippen LogP contribution in [0.1, 0.15) is 24.8 Å². The predicted molar refractivity (Wildman–Crippen MR) is 66.3 cm³/mol. The molecule has 0 bridgehead atoms. The largest absolute Gasteiger partial charge is 0.369 e. The summed E-state index contributed by atoms with van der Waals surface area (Å²) in [6.07, 6.45) is 3.58. The number of nitrogens with zero attached hydrogens (tertiary/aromatic N) is 1. The molecule has 0 amide bonds. The fourth-order valence-corrected chi connectivity index (χ4v) is 2.21. The number of hydrogen-bond donors (Lipinski definition) is 1. The number of halogens is 1. The van der Waals surface area contributed by atoms with Crippen molar-refractivity contribution in [3.63, 3.8) is 0 Å². The monoisotopic (exact) mass is 238 g/mol. The standard InChI is InChI=1S/C13H19FN2O/c1-17-15-10-11-5-6-13(12(14)9-11)16-7-3-2-4-8-16/h5-6,9,15H,2-4,7-8,10H2,1H3. The molecule has 0 spiro atoms. The minimum Gasteiger partial charge on any atom is -0.369 e. The lowest BCUT2D eigenvalue weighted by molar-refractivity contribution is 0.0866. The predicted octanol–water partition coefficient (Wildman–Crippen LogP) is 2.47. The van der Waals surface area contributed by atoms with E-state index in [9.17, 15) is 4.39 Å². The van der Waals surface area contributed by atoms with Crippen LogP contribution in [0.2, 0.25) is 0 Å². The van der Waals surface area contributed by atoms with E-state index in [-0.39, 0.29) is 5.82 Å². The third-order valence-electron chi connectivity index (χ3n) is 3.13. The summed E-state index contributed by atoms with van der Waals surface area (Å²) in [5, 5.41) is 0. The summed E-state index contributed by atoms with van der Waals surface area (Å²) in [6.45, 7) is 2.45. The van der Waals surface area contributed by atoms with Crippen molar-refractivity contribution in [1.82, 2.24) is 5.48 Å². The van der Waals surface area contributed by atoms with Crippen LogP contribution < -0.4 is 10.4 Å². The molecule has 1 aromatic carbocycles. The van der Waals surface area contributed by atoms with Gasteiger partial charge >= 0.3 is 0 Å². The maximum Gasteiger partial charge on any atom is 0.146 e. The van der Waals surface area contributed by atoms with Gasteiger partial charge in [-0.25, -0.2) is 4.39 Å². The molecule has 0 saturated carbocycles. The zero-order valence-electron chi connectivity index (χ0n) is 10.2. The van der Waals surface area contributed by atoms with E-state index >= 15 is 0 Å². The second-order valence-electron chi connectivity index (χ2n) is 4.36. The zero-order chi connectivity index (χ0) is 12.1. The second kappa shape index (κ2) is 5.98. The van der Waals surface area contributed by atoms with Crippen molar-refractivity contribution in [3.05, 3.63) is 29.6 Å². The summed E-state index contributed by atoms with van der Waals surface area (Å²) in [7, 11) is 1.55. The smallest absolute Gasteiger partial charge is 0.146 e. The van der Waals surface area contributed by atoms with Crippen LogP contribution in [0, 0.1) is 5.82 Å². The number of hydroxylamine groups is 1. The summed E-state index contributed by atoms with van der Waals surface area (Å²) in [4.78, 5) is 6.88. The highest BCUT2D eigenvalue weighted by Crippen LogP contribution is 2.23. The Morgan fingerprint density at radius 2 is 2.06 bits per heavy atom. The van der Waals surface area contributed by atoms with Gasteiger partial charge in [0.15, 0.2) is 0 Å². The number of piperidine rings is 1. The van der Waals surface area contributed by atoms with Gasteiger partial charge in [-0.15, -0.1) is 0 Å². The van der Waals surface area contributed by atoms with Crippen LogP contribution in [0.15, 0.2) is 18.2 Å². The summed E-state index contributed by atoms with van der Waals surface area (Å²) in [5.41, 5.74) is 4.33. The average molecular weight is 238 g/mol. The van der Waals surface area contributed by atoms with Crippen LogP contribution in [-0.4, -0.2) is 20.2 Å². The number of nitrogens with one attached hydrogen (secondary N) is 1. The fourth-order valence-electron chi connectivity index (χ4n) is 2.21. The van der Waals surface area contributed by atoms with E-state index in [4.69, 9.17) is 4.84 Å². The number of rotatable bonds is 4. The quantitative estimate of drug-likeness (QED) is 0.815. The number of hydrogen-bond acceptors (Lipinski definition) is 3. The third kappa shape index (κ3) is 3.17. The molecule has 1 aromatic rings. The lowest BCUT2D eigenvalue weighted by Gasteiger charge is -2.29. The molecule has 1 saturated heterocycles. The molecule has 0 atom stereocenters. The summed E-state index contributed by atoms with van der Waals surface area (Å²) in [6, 6.07) is 5.39. The van der Waals surface area contributed by atoms with Gasteiger partial charge < -0.3 is 9.74 Å². The van der Waals surface area contributed by atoms with Gasteiger partial charge in [0.2, 0.25) is 0 Å². The highest BCUT2D eigenvalue weighted by molar-refractivity contribution is 5.49. The minimum absolute atomic E-state index is 0.137. The first-order valence-electron chi connectivity index (χ1n) is 6.10. The second-order valence-corrected chi connectivity index (χ2v) is 4.36. The normalized spacial score (nSPS) is 16.2. The van der Waals surface area contributed by atoms with Gasteiger partial charge in [-0.1, -0.05) is 6.07 Å². The van der Waals surface area contributed by atoms with Crippen LogP contribution in [-0.2, 0) is 11.4 Å². The molecular formula is C13H19FN2O. The number of benzene rings is 1. The van der Waals surface area contributed by atoms with Crippen LogP contribution >= 0.6 is 0 Å². The van der Waals surface area contributed by atoms with Crippen molar-refractivity contribution in [2.24, 2.45) is 0 Å². The van der Waals surface area contributed by atoms with Gasteiger partial charge in [0.1, 0.15) is 5.82 Å². The molecule has 1 aliphatic heterocycles. The Bertz CT molecular complexity index is 364. The molecule has 2 rings (SSSR count). The summed E-state index contributed by atoms with van der Waals surface area (Å²) >= 11 is 0. The summed E-state index contributed by atoms with van der Waals surface area (Å²) in [5.74, 6) is -0.137. The molecule has 3 nitrogen and oxygen atoms in total. The van der Waals surface area contributed by atoms with Gasteiger partial charge in [0.05, 0.1) is 12.8 Å². The van der Waals surface area contributed by atoms with Crippen LogP contribution in [0.5, 0.6) is 0 Å². The van der Waals surface area contributed by atoms with Gasteiger partial charge in [-0.3, -0.25) is 0 Å². The van der Waals surface area contributed by atoms with E-state index in [2.05, 4.69) is 10.4 Å². The first-order valence-corrected chi connectivity index (χ1v) is 6.10. The molecule has 1 heterocycles. The van der Waals surface area contributed by atoms with Gasteiger partial charge in [0.25, 0.3) is 0 Å². The van der Waals surface area contributed by atoms with E-state index in [1.807, 2.05) is 12.1 Å². The topological polar surface area (TPSA) is 24.5 Å². The maximum atomic E-state index is 14.0. The molecular weight excluding hydrogens is 219 g/mol. The van der Waals surface area contributed by atoms with Gasteiger partial charge in [0, 0.05) is 19.6 Å². The Kier molecular flexibility index (Phi) is 4.34. The van der Waals surface area contributed by atoms with E-state index in [0.717, 1.165) is 37.2 Å². The molecule has 1 aliphatic rings. The Hall–Kier alpha value is -1.13. The third-order valence-corrected chi connectivity index (χ3v) is 3.13. The van der Waals surface area contributed by atoms with Crippen molar-refractivity contribution >= 4 is 5.69 Å². The van der Waals surface area contributed by atoms with Gasteiger partial charge in [-0.2, -0.15) is 5.48 Å². The van der Waals surface area contributed by atoms with Crippen molar-refractivity contribution in [2.75, 3.05) is 25.1 Å². The zero-order valence-corrected chi connectivity index (χ0v) is 10.2. The van der Waals surface area contributed by atoms with E-state index in [1.165, 1.54) is 6.42 Å². The molecule has 1 fully saturated rings. The highest BCUT2D eigenvalue weighted by atomic mass is 19.1. The molecule has 0 unspecified atom stereocenters.